The fraction of sp³-hybridized carbons (Fsp3) is 0. The summed E-state index contributed by atoms with van der Waals surface area (Å²) in [6.07, 6.45) is 1.64. The highest BCUT2D eigenvalue weighted by atomic mass is 35.5. The van der Waals surface area contributed by atoms with Gasteiger partial charge in [-0.3, -0.25) is 9.78 Å². The van der Waals surface area contributed by atoms with E-state index in [0.29, 0.717) is 43.0 Å². The van der Waals surface area contributed by atoms with Gasteiger partial charge in [-0.15, -0.1) is 0 Å². The van der Waals surface area contributed by atoms with Crippen LogP contribution in [-0.4, -0.2) is 10.9 Å². The summed E-state index contributed by atoms with van der Waals surface area (Å²) in [5.41, 5.74) is 8.13. The molecule has 0 bridgehead atoms. The Balaban J connectivity index is 2.44. The van der Waals surface area contributed by atoms with Crippen LogP contribution in [0, 0.1) is 0 Å². The first kappa shape index (κ1) is 16.8. The molecule has 0 fully saturated rings. The van der Waals surface area contributed by atoms with Crippen LogP contribution in [-0.2, 0) is 0 Å². The zero-order valence-corrected chi connectivity index (χ0v) is 14.5. The Bertz CT molecular complexity index is 927. The van der Waals surface area contributed by atoms with Crippen LogP contribution in [0.2, 0.25) is 15.1 Å². The molecule has 1 amide bonds. The molecule has 0 saturated carbocycles. The summed E-state index contributed by atoms with van der Waals surface area (Å²) in [7, 11) is 0. The SMILES string of the molecule is NC(=O)c1ccc(Cl)c(-c2ccccn2)c1-c1cccc(Cl)c1Cl. The molecule has 0 aliphatic heterocycles. The van der Waals surface area contributed by atoms with Crippen molar-refractivity contribution in [3.05, 3.63) is 75.4 Å². The van der Waals surface area contributed by atoms with E-state index in [1.54, 1.807) is 48.7 Å². The Morgan fingerprint density at radius 2 is 1.67 bits per heavy atom. The number of hydrogen-bond donors (Lipinski definition) is 1. The zero-order valence-electron chi connectivity index (χ0n) is 12.3. The van der Waals surface area contributed by atoms with E-state index in [1.165, 1.54) is 0 Å². The first-order valence-corrected chi connectivity index (χ1v) is 8.12. The number of pyridine rings is 1. The molecular formula is C18H11Cl3N2O. The number of nitrogens with zero attached hydrogens (tertiary/aromatic N) is 1. The van der Waals surface area contributed by atoms with Crippen LogP contribution in [0.15, 0.2) is 54.7 Å². The van der Waals surface area contributed by atoms with Gasteiger partial charge >= 0.3 is 0 Å². The predicted octanol–water partition coefficient (Wildman–Crippen LogP) is 5.47. The highest BCUT2D eigenvalue weighted by molar-refractivity contribution is 6.44. The second-order valence-electron chi connectivity index (χ2n) is 5.03. The molecule has 0 aliphatic carbocycles. The highest BCUT2D eigenvalue weighted by Crippen LogP contribution is 2.43. The van der Waals surface area contributed by atoms with Crippen LogP contribution in [0.25, 0.3) is 22.4 Å². The Morgan fingerprint density at radius 1 is 0.875 bits per heavy atom. The maximum absolute atomic E-state index is 12.0. The summed E-state index contributed by atoms with van der Waals surface area (Å²) in [6, 6.07) is 13.8. The summed E-state index contributed by atoms with van der Waals surface area (Å²) in [5, 5.41) is 1.13. The molecule has 0 atom stereocenters. The lowest BCUT2D eigenvalue weighted by Crippen LogP contribution is -2.13. The van der Waals surface area contributed by atoms with E-state index in [0.717, 1.165) is 0 Å². The van der Waals surface area contributed by atoms with Crippen molar-refractivity contribution < 1.29 is 4.79 Å². The minimum atomic E-state index is -0.588. The Labute approximate surface area is 154 Å². The van der Waals surface area contributed by atoms with Crippen LogP contribution in [0.3, 0.4) is 0 Å². The number of benzene rings is 2. The van der Waals surface area contributed by atoms with Crippen LogP contribution >= 0.6 is 34.8 Å². The van der Waals surface area contributed by atoms with Gasteiger partial charge < -0.3 is 5.73 Å². The number of aromatic nitrogens is 1. The molecule has 0 radical (unpaired) electrons. The van der Waals surface area contributed by atoms with Crippen molar-refractivity contribution in [2.45, 2.75) is 0 Å². The van der Waals surface area contributed by atoms with E-state index >= 15 is 0 Å². The van der Waals surface area contributed by atoms with Gasteiger partial charge in [0.05, 0.1) is 20.8 Å². The molecule has 2 N–H and O–H groups in total. The van der Waals surface area contributed by atoms with Crippen molar-refractivity contribution in [1.29, 1.82) is 0 Å². The topological polar surface area (TPSA) is 56.0 Å². The van der Waals surface area contributed by atoms with Crippen molar-refractivity contribution >= 4 is 40.7 Å². The number of rotatable bonds is 3. The monoisotopic (exact) mass is 376 g/mol. The highest BCUT2D eigenvalue weighted by Gasteiger charge is 2.22. The minimum absolute atomic E-state index is 0.296. The molecule has 2 aromatic carbocycles. The van der Waals surface area contributed by atoms with Crippen LogP contribution in [0.5, 0.6) is 0 Å². The van der Waals surface area contributed by atoms with E-state index in [1.807, 2.05) is 6.07 Å². The van der Waals surface area contributed by atoms with E-state index in [4.69, 9.17) is 40.5 Å². The molecule has 3 rings (SSSR count). The molecule has 3 aromatic rings. The maximum Gasteiger partial charge on any atom is 0.249 e. The molecule has 0 aliphatic rings. The van der Waals surface area contributed by atoms with Crippen molar-refractivity contribution in [3.8, 4) is 22.4 Å². The quantitative estimate of drug-likeness (QED) is 0.657. The van der Waals surface area contributed by atoms with Crippen molar-refractivity contribution in [2.24, 2.45) is 5.73 Å². The second-order valence-corrected chi connectivity index (χ2v) is 6.22. The van der Waals surface area contributed by atoms with Gasteiger partial charge in [-0.25, -0.2) is 0 Å². The van der Waals surface area contributed by atoms with Gasteiger partial charge in [-0.1, -0.05) is 53.0 Å². The molecule has 3 nitrogen and oxygen atoms in total. The molecule has 24 heavy (non-hydrogen) atoms. The van der Waals surface area contributed by atoms with Gasteiger partial charge in [0, 0.05) is 28.5 Å². The second kappa shape index (κ2) is 6.81. The Morgan fingerprint density at radius 3 is 2.33 bits per heavy atom. The van der Waals surface area contributed by atoms with Crippen molar-refractivity contribution in [2.75, 3.05) is 0 Å². The maximum atomic E-state index is 12.0. The number of amides is 1. The van der Waals surface area contributed by atoms with Gasteiger partial charge in [0.2, 0.25) is 5.91 Å². The standard InChI is InChI=1S/C18H11Cl3N2O/c19-12-8-7-11(18(22)24)15(10-4-3-5-13(20)17(10)21)16(12)14-6-1-2-9-23-14/h1-9H,(H2,22,24). The lowest BCUT2D eigenvalue weighted by atomic mass is 9.92. The van der Waals surface area contributed by atoms with Gasteiger partial charge in [0.25, 0.3) is 0 Å². The molecule has 120 valence electrons. The Hall–Kier alpha value is -2.07. The molecule has 0 spiro atoms. The molecular weight excluding hydrogens is 367 g/mol. The fourth-order valence-corrected chi connectivity index (χ4v) is 3.17. The van der Waals surface area contributed by atoms with Crippen molar-refractivity contribution in [1.82, 2.24) is 4.98 Å². The van der Waals surface area contributed by atoms with Crippen LogP contribution in [0.1, 0.15) is 10.4 Å². The van der Waals surface area contributed by atoms with Gasteiger partial charge in [0.15, 0.2) is 0 Å². The third-order valence-electron chi connectivity index (χ3n) is 3.56. The van der Waals surface area contributed by atoms with Crippen LogP contribution in [0.4, 0.5) is 0 Å². The summed E-state index contributed by atoms with van der Waals surface area (Å²) in [4.78, 5) is 16.3. The van der Waals surface area contributed by atoms with E-state index in [9.17, 15) is 4.79 Å². The summed E-state index contributed by atoms with van der Waals surface area (Å²) < 4.78 is 0. The molecule has 0 unspecified atom stereocenters. The first-order chi connectivity index (χ1) is 11.5. The van der Waals surface area contributed by atoms with Crippen molar-refractivity contribution in [3.63, 3.8) is 0 Å². The predicted molar refractivity (Wildman–Crippen MR) is 98.7 cm³/mol. The smallest absolute Gasteiger partial charge is 0.249 e. The normalized spacial score (nSPS) is 10.6. The number of carbonyl (C=O) groups excluding carboxylic acids is 1. The molecule has 1 heterocycles. The molecule has 6 heteroatoms. The van der Waals surface area contributed by atoms with Gasteiger partial charge in [-0.2, -0.15) is 0 Å². The van der Waals surface area contributed by atoms with Gasteiger partial charge in [-0.05, 0) is 30.3 Å². The third kappa shape index (κ3) is 2.98. The largest absolute Gasteiger partial charge is 0.366 e. The average Bonchev–Trinajstić information content (AvgIpc) is 2.57. The van der Waals surface area contributed by atoms with E-state index in [2.05, 4.69) is 4.98 Å². The van der Waals surface area contributed by atoms with E-state index < -0.39 is 5.91 Å². The third-order valence-corrected chi connectivity index (χ3v) is 4.70. The summed E-state index contributed by atoms with van der Waals surface area (Å²) in [6.45, 7) is 0. The van der Waals surface area contributed by atoms with Crippen LogP contribution < -0.4 is 5.73 Å². The number of carbonyl (C=O) groups is 1. The number of hydrogen-bond acceptors (Lipinski definition) is 2. The lowest BCUT2D eigenvalue weighted by molar-refractivity contribution is 0.100. The lowest BCUT2D eigenvalue weighted by Gasteiger charge is -2.16. The summed E-state index contributed by atoms with van der Waals surface area (Å²) in [5.74, 6) is -0.588. The zero-order chi connectivity index (χ0) is 17.3. The number of primary amides is 1. The number of nitrogens with two attached hydrogens (primary N) is 1. The molecule has 1 aromatic heterocycles. The van der Waals surface area contributed by atoms with E-state index in [-0.39, 0.29) is 0 Å². The molecule has 0 saturated heterocycles. The first-order valence-electron chi connectivity index (χ1n) is 6.98. The Kier molecular flexibility index (Phi) is 4.76. The summed E-state index contributed by atoms with van der Waals surface area (Å²) >= 11 is 18.9. The average molecular weight is 378 g/mol. The minimum Gasteiger partial charge on any atom is -0.366 e. The van der Waals surface area contributed by atoms with Gasteiger partial charge in [0.1, 0.15) is 0 Å². The number of halogens is 3. The fourth-order valence-electron chi connectivity index (χ4n) is 2.52.